The predicted octanol–water partition coefficient (Wildman–Crippen LogP) is 3.32. The Morgan fingerprint density at radius 1 is 1.30 bits per heavy atom. The van der Waals surface area contributed by atoms with Crippen LogP contribution in [0.5, 0.6) is 5.88 Å². The van der Waals surface area contributed by atoms with Gasteiger partial charge in [-0.05, 0) is 29.1 Å². The van der Waals surface area contributed by atoms with E-state index in [4.69, 9.17) is 10.6 Å². The van der Waals surface area contributed by atoms with Crippen LogP contribution in [-0.2, 0) is 6.61 Å². The number of thiophene rings is 1. The lowest BCUT2D eigenvalue weighted by Gasteiger charge is -2.08. The zero-order valence-corrected chi connectivity index (χ0v) is 12.7. The van der Waals surface area contributed by atoms with Crippen molar-refractivity contribution in [3.63, 3.8) is 0 Å². The van der Waals surface area contributed by atoms with Crippen LogP contribution >= 0.6 is 27.3 Å². The van der Waals surface area contributed by atoms with Crippen molar-refractivity contribution in [1.82, 2.24) is 9.97 Å². The Kier molecular flexibility index (Phi) is 3.81. The third-order valence-electron chi connectivity index (χ3n) is 2.68. The Balaban J connectivity index is 1.88. The lowest BCUT2D eigenvalue weighted by atomic mass is 10.2. The molecule has 0 atom stereocenters. The normalized spacial score (nSPS) is 10.7. The smallest absolute Gasteiger partial charge is 0.241 e. The lowest BCUT2D eigenvalue weighted by molar-refractivity contribution is 0.298. The summed E-state index contributed by atoms with van der Waals surface area (Å²) in [6.07, 6.45) is 0. The molecule has 0 radical (unpaired) electrons. The third-order valence-corrected chi connectivity index (χ3v) is 3.98. The maximum Gasteiger partial charge on any atom is 0.241 e. The summed E-state index contributed by atoms with van der Waals surface area (Å²) in [5.41, 5.74) is 3.51. The molecule has 0 aliphatic heterocycles. The summed E-state index contributed by atoms with van der Waals surface area (Å²) in [6, 6.07) is 9.89. The van der Waals surface area contributed by atoms with Crippen molar-refractivity contribution < 1.29 is 4.74 Å². The number of benzene rings is 1. The number of hydrazine groups is 1. The van der Waals surface area contributed by atoms with Gasteiger partial charge in [0, 0.05) is 4.47 Å². The fraction of sp³-hybridized carbons (Fsp3) is 0.0769. The number of nitrogens with zero attached hydrogens (tertiary/aromatic N) is 2. The van der Waals surface area contributed by atoms with Crippen LogP contribution in [0.15, 0.2) is 40.2 Å². The summed E-state index contributed by atoms with van der Waals surface area (Å²) in [5, 5.41) is 2.84. The van der Waals surface area contributed by atoms with E-state index in [1.165, 1.54) is 11.3 Å². The second kappa shape index (κ2) is 5.74. The number of nitrogens with two attached hydrogens (primary N) is 1. The van der Waals surface area contributed by atoms with Gasteiger partial charge in [0.05, 0.1) is 5.39 Å². The van der Waals surface area contributed by atoms with E-state index in [2.05, 4.69) is 31.3 Å². The first kappa shape index (κ1) is 13.3. The number of nitrogen functional groups attached to an aromatic ring is 1. The van der Waals surface area contributed by atoms with Crippen LogP contribution < -0.4 is 16.0 Å². The topological polar surface area (TPSA) is 73.1 Å². The number of rotatable bonds is 4. The molecule has 3 aromatic rings. The standard InChI is InChI=1S/C13H11BrN4OS/c14-9-3-1-2-8(6-9)7-19-11-10-4-5-20-12(10)17-13(16-11)18-15/h1-6H,7,15H2,(H,16,17,18). The molecule has 3 rings (SSSR count). The molecule has 5 nitrogen and oxygen atoms in total. The Bertz CT molecular complexity index is 746. The summed E-state index contributed by atoms with van der Waals surface area (Å²) in [6.45, 7) is 0.436. The molecule has 2 aromatic heterocycles. The fourth-order valence-corrected chi connectivity index (χ4v) is 2.98. The number of aromatic nitrogens is 2. The molecule has 0 amide bonds. The summed E-state index contributed by atoms with van der Waals surface area (Å²) in [5.74, 6) is 6.26. The maximum atomic E-state index is 5.80. The number of hydrogen-bond acceptors (Lipinski definition) is 6. The molecule has 7 heteroatoms. The Morgan fingerprint density at radius 2 is 2.20 bits per heavy atom. The van der Waals surface area contributed by atoms with E-state index in [0.29, 0.717) is 18.4 Å². The van der Waals surface area contributed by atoms with Crippen LogP contribution in [0, 0.1) is 0 Å². The van der Waals surface area contributed by atoms with E-state index in [-0.39, 0.29) is 0 Å². The second-order valence-electron chi connectivity index (χ2n) is 4.05. The lowest BCUT2D eigenvalue weighted by Crippen LogP contribution is -2.11. The quantitative estimate of drug-likeness (QED) is 0.557. The van der Waals surface area contributed by atoms with Crippen molar-refractivity contribution in [2.45, 2.75) is 6.61 Å². The Morgan fingerprint density at radius 3 is 3.00 bits per heavy atom. The molecule has 0 aliphatic carbocycles. The van der Waals surface area contributed by atoms with Crippen molar-refractivity contribution in [2.24, 2.45) is 5.84 Å². The molecule has 0 saturated heterocycles. The highest BCUT2D eigenvalue weighted by Gasteiger charge is 2.09. The highest BCUT2D eigenvalue weighted by Crippen LogP contribution is 2.28. The average molecular weight is 351 g/mol. The molecule has 20 heavy (non-hydrogen) atoms. The monoisotopic (exact) mass is 350 g/mol. The molecule has 3 N–H and O–H groups in total. The van der Waals surface area contributed by atoms with Gasteiger partial charge in [0.15, 0.2) is 0 Å². The predicted molar refractivity (Wildman–Crippen MR) is 83.7 cm³/mol. The Labute approximate surface area is 127 Å². The molecule has 2 heterocycles. The number of nitrogens with one attached hydrogen (secondary N) is 1. The zero-order chi connectivity index (χ0) is 13.9. The molecule has 0 spiro atoms. The minimum absolute atomic E-state index is 0.351. The van der Waals surface area contributed by atoms with Gasteiger partial charge in [0.25, 0.3) is 0 Å². The summed E-state index contributed by atoms with van der Waals surface area (Å²) in [7, 11) is 0. The molecule has 0 fully saturated rings. The van der Waals surface area contributed by atoms with E-state index in [1.54, 1.807) is 0 Å². The molecule has 0 aliphatic rings. The fourth-order valence-electron chi connectivity index (χ4n) is 1.78. The van der Waals surface area contributed by atoms with Crippen LogP contribution in [0.3, 0.4) is 0 Å². The molecule has 102 valence electrons. The average Bonchev–Trinajstić information content (AvgIpc) is 2.93. The summed E-state index contributed by atoms with van der Waals surface area (Å²) >= 11 is 4.96. The highest BCUT2D eigenvalue weighted by atomic mass is 79.9. The zero-order valence-electron chi connectivity index (χ0n) is 10.3. The van der Waals surface area contributed by atoms with Crippen molar-refractivity contribution in [3.8, 4) is 5.88 Å². The number of anilines is 1. The van der Waals surface area contributed by atoms with Crippen molar-refractivity contribution in [3.05, 3.63) is 45.7 Å². The van der Waals surface area contributed by atoms with Crippen molar-refractivity contribution >= 4 is 43.4 Å². The first-order valence-corrected chi connectivity index (χ1v) is 7.52. The first-order chi connectivity index (χ1) is 9.76. The van der Waals surface area contributed by atoms with Crippen LogP contribution in [0.25, 0.3) is 10.2 Å². The molecular formula is C13H11BrN4OS. The van der Waals surface area contributed by atoms with Crippen molar-refractivity contribution in [2.75, 3.05) is 5.43 Å². The molecule has 0 unspecified atom stereocenters. The number of ether oxygens (including phenoxy) is 1. The van der Waals surface area contributed by atoms with Crippen LogP contribution in [-0.4, -0.2) is 9.97 Å². The van der Waals surface area contributed by atoms with Gasteiger partial charge in [-0.3, -0.25) is 5.43 Å². The minimum atomic E-state index is 0.351. The maximum absolute atomic E-state index is 5.80. The molecule has 0 bridgehead atoms. The molecule has 1 aromatic carbocycles. The second-order valence-corrected chi connectivity index (χ2v) is 5.86. The van der Waals surface area contributed by atoms with E-state index >= 15 is 0 Å². The largest absolute Gasteiger partial charge is 0.472 e. The van der Waals surface area contributed by atoms with E-state index in [0.717, 1.165) is 20.3 Å². The van der Waals surface area contributed by atoms with Crippen molar-refractivity contribution in [1.29, 1.82) is 0 Å². The van der Waals surface area contributed by atoms with Crippen LogP contribution in [0.4, 0.5) is 5.95 Å². The number of fused-ring (bicyclic) bond motifs is 1. The van der Waals surface area contributed by atoms with Gasteiger partial charge in [0.1, 0.15) is 11.4 Å². The van der Waals surface area contributed by atoms with E-state index < -0.39 is 0 Å². The SMILES string of the molecule is NNc1nc(OCc2cccc(Br)c2)c2ccsc2n1. The first-order valence-electron chi connectivity index (χ1n) is 5.85. The molecule has 0 saturated carbocycles. The number of halogens is 1. The van der Waals surface area contributed by atoms with Gasteiger partial charge in [-0.2, -0.15) is 4.98 Å². The van der Waals surface area contributed by atoms with Crippen LogP contribution in [0.1, 0.15) is 5.56 Å². The van der Waals surface area contributed by atoms with E-state index in [1.807, 2.05) is 35.7 Å². The van der Waals surface area contributed by atoms with Gasteiger partial charge >= 0.3 is 0 Å². The van der Waals surface area contributed by atoms with Gasteiger partial charge in [-0.25, -0.2) is 10.8 Å². The Hall–Kier alpha value is -1.70. The van der Waals surface area contributed by atoms with Gasteiger partial charge in [-0.1, -0.05) is 28.1 Å². The number of hydrogen-bond donors (Lipinski definition) is 2. The van der Waals surface area contributed by atoms with Gasteiger partial charge in [-0.15, -0.1) is 11.3 Å². The van der Waals surface area contributed by atoms with Gasteiger partial charge < -0.3 is 4.74 Å². The summed E-state index contributed by atoms with van der Waals surface area (Å²) < 4.78 is 6.82. The van der Waals surface area contributed by atoms with Gasteiger partial charge in [0.2, 0.25) is 11.8 Å². The highest BCUT2D eigenvalue weighted by molar-refractivity contribution is 9.10. The molecular weight excluding hydrogens is 340 g/mol. The van der Waals surface area contributed by atoms with Crippen LogP contribution in [0.2, 0.25) is 0 Å². The summed E-state index contributed by atoms with van der Waals surface area (Å²) in [4.78, 5) is 9.37. The van der Waals surface area contributed by atoms with E-state index in [9.17, 15) is 0 Å². The minimum Gasteiger partial charge on any atom is -0.472 e. The third kappa shape index (κ3) is 2.74.